The molecular weight excluding hydrogens is 376 g/mol. The lowest BCUT2D eigenvalue weighted by molar-refractivity contribution is -0.119. The largest absolute Gasteiger partial charge is 0.475 e. The summed E-state index contributed by atoms with van der Waals surface area (Å²) in [5, 5.41) is 0.483. The van der Waals surface area contributed by atoms with Crippen molar-refractivity contribution < 1.29 is 17.9 Å². The highest BCUT2D eigenvalue weighted by Gasteiger charge is 2.35. The molecule has 1 atom stereocenters. The zero-order chi connectivity index (χ0) is 18.3. The number of piperidine rings is 1. The summed E-state index contributed by atoms with van der Waals surface area (Å²) in [6.45, 7) is 0.953. The molecule has 8 heteroatoms. The number of nitrogens with zero attached hydrogens (tertiary/aromatic N) is 2. The van der Waals surface area contributed by atoms with Crippen LogP contribution >= 0.6 is 11.6 Å². The summed E-state index contributed by atoms with van der Waals surface area (Å²) in [6, 6.07) is 5.05. The minimum absolute atomic E-state index is 0.0274. The Morgan fingerprint density at radius 2 is 1.92 bits per heavy atom. The Labute approximate surface area is 156 Å². The van der Waals surface area contributed by atoms with Crippen molar-refractivity contribution in [3.63, 3.8) is 0 Å². The number of hydrogen-bond acceptors (Lipinski definition) is 5. The first-order valence-corrected chi connectivity index (χ1v) is 10.2. The maximum absolute atomic E-state index is 12.9. The number of carbonyl (C=O) groups excluding carboxylic acids is 1. The van der Waals surface area contributed by atoms with Crippen LogP contribution in [0, 0.1) is 0 Å². The second kappa shape index (κ2) is 6.64. The van der Waals surface area contributed by atoms with Gasteiger partial charge in [-0.25, -0.2) is 8.42 Å². The average Bonchev–Trinajstić information content (AvgIpc) is 2.82. The molecule has 1 aromatic carbocycles. The van der Waals surface area contributed by atoms with Crippen molar-refractivity contribution >= 4 is 33.6 Å². The number of sulfonamides is 1. The van der Waals surface area contributed by atoms with E-state index in [9.17, 15) is 13.2 Å². The quantitative estimate of drug-likeness (QED) is 0.775. The summed E-state index contributed by atoms with van der Waals surface area (Å²) in [6.07, 6.45) is 5.84. The van der Waals surface area contributed by atoms with Crippen LogP contribution in [0.5, 0.6) is 5.75 Å². The molecule has 1 unspecified atom stereocenters. The van der Waals surface area contributed by atoms with Gasteiger partial charge in [-0.15, -0.1) is 0 Å². The van der Waals surface area contributed by atoms with Gasteiger partial charge in [0.15, 0.2) is 0 Å². The first kappa shape index (κ1) is 17.5. The lowest BCUT2D eigenvalue weighted by Crippen LogP contribution is -2.38. The molecule has 4 rings (SSSR count). The Balaban J connectivity index is 1.69. The van der Waals surface area contributed by atoms with E-state index in [1.54, 1.807) is 24.4 Å². The fraction of sp³-hybridized carbons (Fsp3) is 0.333. The number of hydrogen-bond donors (Lipinski definition) is 0. The maximum Gasteiger partial charge on any atom is 0.243 e. The molecule has 1 aliphatic carbocycles. The minimum Gasteiger partial charge on any atom is -0.475 e. The predicted octanol–water partition coefficient (Wildman–Crippen LogP) is 2.69. The molecule has 2 aliphatic heterocycles. The highest BCUT2D eigenvalue weighted by atomic mass is 35.5. The third-order valence-corrected chi connectivity index (χ3v) is 6.74. The summed E-state index contributed by atoms with van der Waals surface area (Å²) >= 11 is 5.99. The standard InChI is InChI=1S/C18H17ClN2O4S/c19-13-5-4-12-11-20-15-9-14(10-16(22)18(15)25-17(12)8-13)26(23,24)21-6-2-1-3-7-21/h4-5,8-11,18H,1-3,6-7H2. The molecule has 136 valence electrons. The van der Waals surface area contributed by atoms with Gasteiger partial charge in [-0.2, -0.15) is 4.31 Å². The fourth-order valence-corrected chi connectivity index (χ4v) is 4.97. The van der Waals surface area contributed by atoms with Gasteiger partial charge in [0.2, 0.25) is 21.9 Å². The van der Waals surface area contributed by atoms with E-state index in [4.69, 9.17) is 16.3 Å². The highest BCUT2D eigenvalue weighted by molar-refractivity contribution is 7.93. The SMILES string of the molecule is O=C1C=C(S(=O)(=O)N2CCCCC2)C=C2N=Cc3ccc(Cl)cc3OC12. The average molecular weight is 393 g/mol. The Bertz CT molecular complexity index is 959. The van der Waals surface area contributed by atoms with Gasteiger partial charge in [0.05, 0.1) is 10.6 Å². The number of allylic oxidation sites excluding steroid dienone is 1. The first-order chi connectivity index (χ1) is 12.4. The van der Waals surface area contributed by atoms with Gasteiger partial charge in [0, 0.05) is 36.0 Å². The van der Waals surface area contributed by atoms with E-state index in [1.165, 1.54) is 10.4 Å². The maximum atomic E-state index is 12.9. The Kier molecular flexibility index (Phi) is 4.46. The number of halogens is 1. The van der Waals surface area contributed by atoms with Crippen LogP contribution in [-0.4, -0.2) is 43.9 Å². The van der Waals surface area contributed by atoms with Gasteiger partial charge >= 0.3 is 0 Å². The number of rotatable bonds is 2. The number of carbonyl (C=O) groups is 1. The Morgan fingerprint density at radius 3 is 2.69 bits per heavy atom. The van der Waals surface area contributed by atoms with Gasteiger partial charge in [-0.05, 0) is 37.1 Å². The molecule has 1 fully saturated rings. The molecular formula is C18H17ClN2O4S. The zero-order valence-corrected chi connectivity index (χ0v) is 15.5. The zero-order valence-electron chi connectivity index (χ0n) is 13.9. The summed E-state index contributed by atoms with van der Waals surface area (Å²) in [4.78, 5) is 16.9. The highest BCUT2D eigenvalue weighted by Crippen LogP contribution is 2.32. The van der Waals surface area contributed by atoms with E-state index >= 15 is 0 Å². The monoisotopic (exact) mass is 392 g/mol. The van der Waals surface area contributed by atoms with Crippen LogP contribution in [0.2, 0.25) is 5.02 Å². The molecule has 0 aromatic heterocycles. The van der Waals surface area contributed by atoms with E-state index in [1.807, 2.05) is 0 Å². The second-order valence-corrected chi connectivity index (χ2v) is 8.80. The van der Waals surface area contributed by atoms with E-state index < -0.39 is 21.9 Å². The number of aliphatic imine (C=N–C) groups is 1. The summed E-state index contributed by atoms with van der Waals surface area (Å²) in [5.74, 6) is 0.00166. The smallest absolute Gasteiger partial charge is 0.243 e. The van der Waals surface area contributed by atoms with E-state index in [-0.39, 0.29) is 10.6 Å². The molecule has 0 radical (unpaired) electrons. The third kappa shape index (κ3) is 3.11. The van der Waals surface area contributed by atoms with Crippen molar-refractivity contribution in [1.29, 1.82) is 0 Å². The van der Waals surface area contributed by atoms with Crippen molar-refractivity contribution in [2.75, 3.05) is 13.1 Å². The van der Waals surface area contributed by atoms with Gasteiger partial charge in [-0.3, -0.25) is 9.79 Å². The van der Waals surface area contributed by atoms with Crippen LogP contribution < -0.4 is 4.74 Å². The van der Waals surface area contributed by atoms with Crippen molar-refractivity contribution in [2.24, 2.45) is 4.99 Å². The molecule has 0 bridgehead atoms. The first-order valence-electron chi connectivity index (χ1n) is 8.43. The molecule has 26 heavy (non-hydrogen) atoms. The fourth-order valence-electron chi connectivity index (χ4n) is 3.24. The van der Waals surface area contributed by atoms with Gasteiger partial charge in [0.25, 0.3) is 0 Å². The van der Waals surface area contributed by atoms with Crippen LogP contribution in [0.25, 0.3) is 0 Å². The molecule has 0 saturated carbocycles. The lowest BCUT2D eigenvalue weighted by atomic mass is 10.1. The molecule has 1 aromatic rings. The van der Waals surface area contributed by atoms with Crippen LogP contribution in [0.3, 0.4) is 0 Å². The van der Waals surface area contributed by atoms with E-state index in [0.717, 1.165) is 25.3 Å². The Morgan fingerprint density at radius 1 is 1.15 bits per heavy atom. The Hall–Kier alpha value is -1.96. The lowest BCUT2D eigenvalue weighted by Gasteiger charge is -2.28. The number of ether oxygens (including phenoxy) is 1. The van der Waals surface area contributed by atoms with Gasteiger partial charge < -0.3 is 4.74 Å². The summed E-state index contributed by atoms with van der Waals surface area (Å²) < 4.78 is 32.9. The van der Waals surface area contributed by atoms with E-state index in [0.29, 0.717) is 29.4 Å². The van der Waals surface area contributed by atoms with Crippen LogP contribution in [0.4, 0.5) is 0 Å². The third-order valence-electron chi connectivity index (χ3n) is 4.63. The van der Waals surface area contributed by atoms with Crippen LogP contribution in [0.15, 0.2) is 45.9 Å². The van der Waals surface area contributed by atoms with Gasteiger partial charge in [0.1, 0.15) is 5.75 Å². The number of benzene rings is 1. The number of ketones is 1. The van der Waals surface area contributed by atoms with E-state index in [2.05, 4.69) is 4.99 Å². The van der Waals surface area contributed by atoms with Gasteiger partial charge in [-0.1, -0.05) is 18.0 Å². The van der Waals surface area contributed by atoms with Crippen molar-refractivity contribution in [3.8, 4) is 5.75 Å². The molecule has 1 saturated heterocycles. The molecule has 0 amide bonds. The summed E-state index contributed by atoms with van der Waals surface area (Å²) in [5.41, 5.74) is 0.957. The van der Waals surface area contributed by atoms with Crippen LogP contribution in [-0.2, 0) is 14.8 Å². The molecule has 6 nitrogen and oxygen atoms in total. The minimum atomic E-state index is -3.71. The molecule has 0 spiro atoms. The molecule has 3 aliphatic rings. The van der Waals surface area contributed by atoms with Crippen molar-refractivity contribution in [1.82, 2.24) is 4.31 Å². The second-order valence-electron chi connectivity index (χ2n) is 6.42. The predicted molar refractivity (Wildman–Crippen MR) is 99.0 cm³/mol. The van der Waals surface area contributed by atoms with Crippen molar-refractivity contribution in [3.05, 3.63) is 51.5 Å². The topological polar surface area (TPSA) is 76.0 Å². The van der Waals surface area contributed by atoms with Crippen molar-refractivity contribution in [2.45, 2.75) is 25.4 Å². The number of fused-ring (bicyclic) bond motifs is 2. The summed E-state index contributed by atoms with van der Waals surface area (Å²) in [7, 11) is -3.71. The van der Waals surface area contributed by atoms with Crippen LogP contribution in [0.1, 0.15) is 24.8 Å². The molecule has 2 heterocycles. The normalized spacial score (nSPS) is 23.3. The molecule has 0 N–H and O–H groups in total.